The average Bonchev–Trinajstić information content (AvgIpc) is 3.60. The Balaban J connectivity index is 1.52. The van der Waals surface area contributed by atoms with E-state index in [1.165, 1.54) is 0 Å². The Bertz CT molecular complexity index is 1620. The van der Waals surface area contributed by atoms with Crippen LogP contribution in [0.15, 0.2) is 89.7 Å². The SMILES string of the molecule is Cn1cncc1[C@@](O)(c1ccc(Cl)cc1)c1cc2cc(C(=O)N[NH+]3CCOCC3)cc(-c3ccccc3)c2o1. The Morgan fingerprint density at radius 3 is 2.51 bits per heavy atom. The van der Waals surface area contributed by atoms with E-state index in [0.29, 0.717) is 64.9 Å². The van der Waals surface area contributed by atoms with Gasteiger partial charge < -0.3 is 18.8 Å². The second-order valence-electron chi connectivity index (χ2n) is 9.70. The number of nitrogens with zero attached hydrogens (tertiary/aromatic N) is 2. The molecule has 0 radical (unpaired) electrons. The maximum Gasteiger partial charge on any atom is 0.295 e. The zero-order chi connectivity index (χ0) is 27.0. The van der Waals surface area contributed by atoms with Gasteiger partial charge in [0.15, 0.2) is 5.60 Å². The van der Waals surface area contributed by atoms with Crippen molar-refractivity contribution in [2.75, 3.05) is 26.3 Å². The number of hydrogen-bond acceptors (Lipinski definition) is 5. The number of aliphatic hydroxyl groups is 1. The maximum atomic E-state index is 13.4. The van der Waals surface area contributed by atoms with Crippen molar-refractivity contribution in [1.29, 1.82) is 0 Å². The molecule has 1 fully saturated rings. The zero-order valence-corrected chi connectivity index (χ0v) is 22.1. The molecule has 3 heterocycles. The van der Waals surface area contributed by atoms with Crippen molar-refractivity contribution in [1.82, 2.24) is 15.0 Å². The van der Waals surface area contributed by atoms with Crippen molar-refractivity contribution < 1.29 is 24.1 Å². The predicted molar refractivity (Wildman–Crippen MR) is 147 cm³/mol. The standard InChI is InChI=1S/C30H27ClN4O4/c1-34-19-32-18-26(34)30(37,23-7-9-24(31)10-8-23)27-17-21-15-22(29(36)33-35-11-13-38-14-12-35)16-25(28(21)39-27)20-5-3-2-4-6-20/h2-10,15-19,37H,11-14H2,1H3,(H,33,36)/p+1/t30-/m0/s1. The van der Waals surface area contributed by atoms with Crippen LogP contribution in [-0.2, 0) is 17.4 Å². The average molecular weight is 544 g/mol. The van der Waals surface area contributed by atoms with E-state index in [2.05, 4.69) is 10.4 Å². The topological polar surface area (TPSA) is 94.0 Å². The maximum absolute atomic E-state index is 13.4. The first-order valence-corrected chi connectivity index (χ1v) is 13.1. The second-order valence-corrected chi connectivity index (χ2v) is 10.1. The van der Waals surface area contributed by atoms with Crippen molar-refractivity contribution in [3.63, 3.8) is 0 Å². The van der Waals surface area contributed by atoms with E-state index in [1.807, 2.05) is 43.4 Å². The van der Waals surface area contributed by atoms with Crippen LogP contribution in [0.25, 0.3) is 22.1 Å². The number of carbonyl (C=O) groups excluding carboxylic acids is 1. The molecule has 1 amide bonds. The van der Waals surface area contributed by atoms with Crippen LogP contribution in [0.1, 0.15) is 27.4 Å². The van der Waals surface area contributed by atoms with Gasteiger partial charge in [0.1, 0.15) is 24.4 Å². The third-order valence-corrected chi connectivity index (χ3v) is 7.41. The van der Waals surface area contributed by atoms with Crippen molar-refractivity contribution in [2.45, 2.75) is 5.60 Å². The molecule has 0 saturated carbocycles. The van der Waals surface area contributed by atoms with Crippen LogP contribution in [-0.4, -0.2) is 46.9 Å². The van der Waals surface area contributed by atoms with E-state index in [1.54, 1.807) is 53.5 Å². The molecule has 198 valence electrons. The summed E-state index contributed by atoms with van der Waals surface area (Å²) in [6.07, 6.45) is 3.24. The summed E-state index contributed by atoms with van der Waals surface area (Å²) in [7, 11) is 1.82. The summed E-state index contributed by atoms with van der Waals surface area (Å²) >= 11 is 6.16. The number of hydrogen-bond donors (Lipinski definition) is 3. The minimum absolute atomic E-state index is 0.187. The lowest BCUT2D eigenvalue weighted by Crippen LogP contribution is -3.20. The lowest BCUT2D eigenvalue weighted by molar-refractivity contribution is -0.942. The molecule has 3 aromatic carbocycles. The highest BCUT2D eigenvalue weighted by molar-refractivity contribution is 6.30. The summed E-state index contributed by atoms with van der Waals surface area (Å²) in [5, 5.41) is 14.6. The number of carbonyl (C=O) groups is 1. The monoisotopic (exact) mass is 543 g/mol. The van der Waals surface area contributed by atoms with Gasteiger partial charge in [-0.25, -0.2) is 9.99 Å². The van der Waals surface area contributed by atoms with Crippen LogP contribution in [0, 0.1) is 0 Å². The number of quaternary nitrogens is 1. The van der Waals surface area contributed by atoms with Gasteiger partial charge >= 0.3 is 0 Å². The molecule has 9 heteroatoms. The first-order valence-electron chi connectivity index (χ1n) is 12.8. The highest BCUT2D eigenvalue weighted by atomic mass is 35.5. The van der Waals surface area contributed by atoms with Gasteiger partial charge in [0.25, 0.3) is 5.91 Å². The first kappa shape index (κ1) is 25.3. The highest BCUT2D eigenvalue weighted by Gasteiger charge is 2.40. The molecule has 8 nitrogen and oxygen atoms in total. The summed E-state index contributed by atoms with van der Waals surface area (Å²) in [5.74, 6) is 0.116. The van der Waals surface area contributed by atoms with Crippen molar-refractivity contribution in [2.24, 2.45) is 7.05 Å². The molecule has 1 saturated heterocycles. The molecule has 1 aliphatic rings. The van der Waals surface area contributed by atoms with Crippen LogP contribution in [0.3, 0.4) is 0 Å². The third-order valence-electron chi connectivity index (χ3n) is 7.16. The summed E-state index contributed by atoms with van der Waals surface area (Å²) in [5.41, 5.74) is 5.23. The number of rotatable bonds is 6. The number of halogens is 1. The predicted octanol–water partition coefficient (Wildman–Crippen LogP) is 3.33. The number of amides is 1. The second kappa shape index (κ2) is 10.3. The zero-order valence-electron chi connectivity index (χ0n) is 21.4. The molecular formula is C30H28ClN4O4+. The Hall–Kier alpha value is -3.95. The Kier molecular flexibility index (Phi) is 6.70. The molecule has 0 bridgehead atoms. The normalized spacial score (nSPS) is 15.8. The van der Waals surface area contributed by atoms with E-state index in [4.69, 9.17) is 20.8 Å². The quantitative estimate of drug-likeness (QED) is 0.305. The van der Waals surface area contributed by atoms with E-state index in [-0.39, 0.29) is 5.91 Å². The Morgan fingerprint density at radius 2 is 1.82 bits per heavy atom. The summed E-state index contributed by atoms with van der Waals surface area (Å²) in [6, 6.07) is 22.2. The molecule has 0 spiro atoms. The van der Waals surface area contributed by atoms with Crippen LogP contribution < -0.4 is 10.4 Å². The third kappa shape index (κ3) is 4.72. The van der Waals surface area contributed by atoms with Crippen molar-refractivity contribution in [3.05, 3.63) is 113 Å². The number of fused-ring (bicyclic) bond motifs is 1. The lowest BCUT2D eigenvalue weighted by atomic mass is 9.88. The number of benzene rings is 3. The number of aromatic nitrogens is 2. The number of imidazole rings is 1. The van der Waals surface area contributed by atoms with Gasteiger partial charge in [0.2, 0.25) is 0 Å². The molecule has 0 unspecified atom stereocenters. The molecule has 5 aromatic rings. The number of ether oxygens (including phenoxy) is 1. The summed E-state index contributed by atoms with van der Waals surface area (Å²) in [4.78, 5) is 17.6. The van der Waals surface area contributed by atoms with Gasteiger partial charge in [-0.1, -0.05) is 54.1 Å². The minimum Gasteiger partial charge on any atom is -0.457 e. The van der Waals surface area contributed by atoms with Gasteiger partial charge in [-0.2, -0.15) is 5.43 Å². The summed E-state index contributed by atoms with van der Waals surface area (Å²) < 4.78 is 13.7. The molecule has 1 atom stereocenters. The van der Waals surface area contributed by atoms with Gasteiger partial charge in [-0.15, -0.1) is 0 Å². The summed E-state index contributed by atoms with van der Waals surface area (Å²) in [6.45, 7) is 2.61. The van der Waals surface area contributed by atoms with E-state index in [9.17, 15) is 9.90 Å². The highest BCUT2D eigenvalue weighted by Crippen LogP contribution is 2.42. The first-order chi connectivity index (χ1) is 18.9. The van der Waals surface area contributed by atoms with Gasteiger partial charge in [-0.3, -0.25) is 4.79 Å². The molecule has 3 N–H and O–H groups in total. The number of morpholine rings is 1. The van der Waals surface area contributed by atoms with Crippen LogP contribution in [0.2, 0.25) is 5.02 Å². The van der Waals surface area contributed by atoms with Crippen LogP contribution in [0.4, 0.5) is 0 Å². The molecule has 39 heavy (non-hydrogen) atoms. The fraction of sp³-hybridized carbons (Fsp3) is 0.200. The molecule has 0 aliphatic carbocycles. The van der Waals surface area contributed by atoms with E-state index >= 15 is 0 Å². The molecule has 6 rings (SSSR count). The lowest BCUT2D eigenvalue weighted by Gasteiger charge is -2.27. The number of furan rings is 1. The minimum atomic E-state index is -1.66. The Morgan fingerprint density at radius 1 is 1.08 bits per heavy atom. The fourth-order valence-corrected chi connectivity index (χ4v) is 5.21. The molecular weight excluding hydrogens is 516 g/mol. The molecule has 1 aliphatic heterocycles. The van der Waals surface area contributed by atoms with E-state index < -0.39 is 5.60 Å². The molecule has 2 aromatic heterocycles. The number of aryl methyl sites for hydroxylation is 1. The van der Waals surface area contributed by atoms with Gasteiger partial charge in [-0.05, 0) is 41.5 Å². The largest absolute Gasteiger partial charge is 0.457 e. The van der Waals surface area contributed by atoms with Crippen LogP contribution in [0.5, 0.6) is 0 Å². The van der Waals surface area contributed by atoms with Crippen LogP contribution >= 0.6 is 11.6 Å². The van der Waals surface area contributed by atoms with E-state index in [0.717, 1.165) is 16.1 Å². The van der Waals surface area contributed by atoms with Crippen molar-refractivity contribution in [3.8, 4) is 11.1 Å². The Labute approximate surface area is 230 Å². The fourth-order valence-electron chi connectivity index (χ4n) is 5.08. The van der Waals surface area contributed by atoms with Gasteiger partial charge in [0.05, 0.1) is 31.4 Å². The van der Waals surface area contributed by atoms with Gasteiger partial charge in [0, 0.05) is 28.6 Å². The number of nitrogens with one attached hydrogen (secondary N) is 2. The van der Waals surface area contributed by atoms with Crippen molar-refractivity contribution >= 4 is 28.5 Å². The smallest absolute Gasteiger partial charge is 0.295 e.